The smallest absolute Gasteiger partial charge is 0.257 e. The van der Waals surface area contributed by atoms with Crippen LogP contribution in [-0.4, -0.2) is 42.3 Å². The number of aromatic amines is 1. The summed E-state index contributed by atoms with van der Waals surface area (Å²) < 4.78 is 19.2. The largest absolute Gasteiger partial charge is 0.548 e. The van der Waals surface area contributed by atoms with Gasteiger partial charge in [-0.3, -0.25) is 9.79 Å². The number of hydrogen-bond acceptors (Lipinski definition) is 7. The van der Waals surface area contributed by atoms with E-state index in [1.54, 1.807) is 34.4 Å². The minimum Gasteiger partial charge on any atom is -0.548 e. The number of para-hydroxylation sites is 1. The van der Waals surface area contributed by atoms with Crippen LogP contribution >= 0.6 is 22.5 Å². The average Bonchev–Trinajstić information content (AvgIpc) is 3.48. The quantitative estimate of drug-likeness (QED) is 0.350. The fraction of sp³-hybridized carbons (Fsp3) is 0.435. The molecule has 2 aromatic heterocycles. The van der Waals surface area contributed by atoms with E-state index in [1.807, 2.05) is 0 Å². The van der Waals surface area contributed by atoms with Crippen LogP contribution in [0.5, 0.6) is 5.75 Å². The molecule has 4 rings (SSSR count). The molecule has 0 aliphatic carbocycles. The van der Waals surface area contributed by atoms with Gasteiger partial charge in [-0.05, 0) is 49.4 Å². The number of carbonyl (C=O) groups excluding carboxylic acids is 1. The van der Waals surface area contributed by atoms with E-state index < -0.39 is 11.1 Å². The number of aryl methyl sites for hydroxylation is 1. The van der Waals surface area contributed by atoms with Crippen LogP contribution in [0.2, 0.25) is 0 Å². The van der Waals surface area contributed by atoms with E-state index in [0.29, 0.717) is 24.3 Å². The van der Waals surface area contributed by atoms with Gasteiger partial charge in [-0.1, -0.05) is 26.8 Å². The van der Waals surface area contributed by atoms with Gasteiger partial charge in [0.15, 0.2) is 16.9 Å². The summed E-state index contributed by atoms with van der Waals surface area (Å²) in [5.74, 6) is -0.0919. The van der Waals surface area contributed by atoms with Gasteiger partial charge < -0.3 is 19.9 Å². The van der Waals surface area contributed by atoms with Crippen molar-refractivity contribution >= 4 is 39.9 Å². The molecular formula is C23H29N5O3S2. The van der Waals surface area contributed by atoms with Crippen molar-refractivity contribution in [3.63, 3.8) is 0 Å². The van der Waals surface area contributed by atoms with Crippen LogP contribution in [-0.2, 0) is 0 Å². The molecule has 8 nitrogen and oxygen atoms in total. The van der Waals surface area contributed by atoms with Gasteiger partial charge in [0.1, 0.15) is 0 Å². The van der Waals surface area contributed by atoms with E-state index in [0.717, 1.165) is 17.7 Å². The fourth-order valence-electron chi connectivity index (χ4n) is 3.90. The van der Waals surface area contributed by atoms with Crippen LogP contribution in [0.1, 0.15) is 59.8 Å². The van der Waals surface area contributed by atoms with Crippen molar-refractivity contribution in [1.29, 1.82) is 0 Å². The van der Waals surface area contributed by atoms with E-state index in [4.69, 9.17) is 4.99 Å². The number of thiophene rings is 1. The van der Waals surface area contributed by atoms with Crippen molar-refractivity contribution in [2.24, 2.45) is 10.4 Å². The van der Waals surface area contributed by atoms with Crippen LogP contribution < -0.4 is 10.8 Å². The van der Waals surface area contributed by atoms with Gasteiger partial charge in [-0.25, -0.2) is 0 Å². The number of aromatic nitrogens is 2. The first-order chi connectivity index (χ1) is 15.6. The van der Waals surface area contributed by atoms with Gasteiger partial charge >= 0.3 is 0 Å². The molecule has 1 aliphatic heterocycles. The number of nitrogens with one attached hydrogen (secondary N) is 2. The molecule has 0 spiro atoms. The second-order valence-electron chi connectivity index (χ2n) is 9.31. The topological polar surface area (TPSA) is 117 Å². The molecule has 2 unspecified atom stereocenters. The molecule has 0 radical (unpaired) electrons. The van der Waals surface area contributed by atoms with Crippen LogP contribution in [0.15, 0.2) is 35.3 Å². The minimum absolute atomic E-state index is 0.157. The van der Waals surface area contributed by atoms with Crippen LogP contribution in [0.25, 0.3) is 0 Å². The number of phenols is 1. The highest BCUT2D eigenvalue weighted by molar-refractivity contribution is 7.14. The Morgan fingerprint density at radius 1 is 1.30 bits per heavy atom. The van der Waals surface area contributed by atoms with Gasteiger partial charge in [-0.2, -0.15) is 0 Å². The van der Waals surface area contributed by atoms with Crippen molar-refractivity contribution in [3.05, 3.63) is 51.1 Å². The van der Waals surface area contributed by atoms with Gasteiger partial charge in [0.25, 0.3) is 5.91 Å². The molecule has 3 heterocycles. The van der Waals surface area contributed by atoms with Gasteiger partial charge in [0.05, 0.1) is 17.3 Å². The van der Waals surface area contributed by atoms with Gasteiger partial charge in [0, 0.05) is 27.2 Å². The zero-order valence-corrected chi connectivity index (χ0v) is 20.8. The van der Waals surface area contributed by atoms with E-state index in [1.165, 1.54) is 4.88 Å². The lowest BCUT2D eigenvalue weighted by Crippen LogP contribution is -2.27. The molecule has 2 atom stereocenters. The molecule has 33 heavy (non-hydrogen) atoms. The lowest BCUT2D eigenvalue weighted by Gasteiger charge is -2.26. The highest BCUT2D eigenvalue weighted by Crippen LogP contribution is 2.39. The summed E-state index contributed by atoms with van der Waals surface area (Å²) in [6.45, 7) is 9.75. The Hall–Kier alpha value is -2.69. The normalized spacial score (nSPS) is 16.3. The Morgan fingerprint density at radius 2 is 2.03 bits per heavy atom. The van der Waals surface area contributed by atoms with E-state index in [9.17, 15) is 14.5 Å². The molecule has 10 heteroatoms. The van der Waals surface area contributed by atoms with Gasteiger partial charge in [-0.15, -0.1) is 15.7 Å². The Balaban J connectivity index is 1.70. The molecule has 176 valence electrons. The van der Waals surface area contributed by atoms with Crippen molar-refractivity contribution < 1.29 is 14.5 Å². The maximum Gasteiger partial charge on any atom is 0.257 e. The summed E-state index contributed by atoms with van der Waals surface area (Å²) in [6.07, 6.45) is 1.94. The van der Waals surface area contributed by atoms with E-state index >= 15 is 0 Å². The molecule has 3 aromatic rings. The highest BCUT2D eigenvalue weighted by Gasteiger charge is 2.28. The summed E-state index contributed by atoms with van der Waals surface area (Å²) in [5.41, 5.74) is 0.710. The van der Waals surface area contributed by atoms with Crippen molar-refractivity contribution in [2.75, 3.05) is 18.4 Å². The molecule has 1 saturated heterocycles. The first-order valence-electron chi connectivity index (χ1n) is 10.9. The third-order valence-electron chi connectivity index (χ3n) is 5.60. The second-order valence-corrected chi connectivity index (χ2v) is 11.5. The van der Waals surface area contributed by atoms with Crippen LogP contribution in [0.3, 0.4) is 0 Å². The molecule has 1 aliphatic rings. The summed E-state index contributed by atoms with van der Waals surface area (Å²) in [5, 5.41) is 13.9. The predicted octanol–water partition coefficient (Wildman–Crippen LogP) is 4.88. The first kappa shape index (κ1) is 23.5. The molecule has 1 aromatic carbocycles. The standard InChI is InChI=1S/C23H29N5O3S2/c1-14-10-11-17(32-14)19(23(2,3)4)25-21-20(26-33(31)27-21)24-16-9-7-8-15(18(16)29)22(30)28-12-5-6-13-28/h7-11,19,29H,5-6,12-13H2,1-4H3,(H,24,26)(H,25,27). The molecule has 0 bridgehead atoms. The van der Waals surface area contributed by atoms with Crippen molar-refractivity contribution in [2.45, 2.75) is 46.6 Å². The number of rotatable bonds is 5. The average molecular weight is 488 g/mol. The van der Waals surface area contributed by atoms with Crippen molar-refractivity contribution in [3.8, 4) is 5.75 Å². The number of phenolic OH excluding ortho intramolecular Hbond substituents is 1. The Morgan fingerprint density at radius 3 is 2.67 bits per heavy atom. The van der Waals surface area contributed by atoms with Crippen LogP contribution in [0.4, 0.5) is 11.5 Å². The Kier molecular flexibility index (Phi) is 6.60. The van der Waals surface area contributed by atoms with E-state index in [2.05, 4.69) is 53.9 Å². The third kappa shape index (κ3) is 5.13. The number of amides is 1. The number of benzene rings is 1. The molecular weight excluding hydrogens is 458 g/mol. The Bertz CT molecular complexity index is 1220. The zero-order chi connectivity index (χ0) is 23.8. The third-order valence-corrected chi connectivity index (χ3v) is 7.37. The van der Waals surface area contributed by atoms with E-state index in [-0.39, 0.29) is 34.5 Å². The highest BCUT2D eigenvalue weighted by atomic mass is 32.2. The monoisotopic (exact) mass is 487 g/mol. The van der Waals surface area contributed by atoms with Crippen molar-refractivity contribution in [1.82, 2.24) is 13.6 Å². The fourth-order valence-corrected chi connectivity index (χ4v) is 5.72. The lowest BCUT2D eigenvalue weighted by molar-refractivity contribution is 0.0790. The second kappa shape index (κ2) is 9.28. The minimum atomic E-state index is -1.68. The summed E-state index contributed by atoms with van der Waals surface area (Å²) >= 11 is -0.00387. The summed E-state index contributed by atoms with van der Waals surface area (Å²) in [7, 11) is 0. The number of likely N-dealkylation sites (tertiary alicyclic amines) is 1. The number of nitrogens with zero attached hydrogens (tertiary/aromatic N) is 3. The lowest BCUT2D eigenvalue weighted by atomic mass is 9.86. The number of hydrogen-bond donors (Lipinski definition) is 3. The molecule has 1 amide bonds. The predicted molar refractivity (Wildman–Crippen MR) is 131 cm³/mol. The number of anilines is 2. The number of aromatic hydroxyl groups is 1. The first-order valence-corrected chi connectivity index (χ1v) is 12.9. The number of carbonyl (C=O) groups is 1. The zero-order valence-electron chi connectivity index (χ0n) is 19.2. The van der Waals surface area contributed by atoms with Crippen LogP contribution in [0, 0.1) is 12.3 Å². The maximum absolute atomic E-state index is 12.8. The Labute approximate surface area is 200 Å². The molecule has 0 saturated carbocycles. The number of H-pyrrole nitrogens is 1. The summed E-state index contributed by atoms with van der Waals surface area (Å²) in [4.78, 5) is 21.7. The SMILES string of the molecule is Cc1ccc(C(N=c2[nH][s+]([O-])nc2Nc2cccc(C(=O)N3CCCC3)c2O)C(C)(C)C)s1. The molecule has 3 N–H and O–H groups in total. The molecule has 1 fully saturated rings. The van der Waals surface area contributed by atoms with Gasteiger partial charge in [0.2, 0.25) is 11.3 Å². The summed E-state index contributed by atoms with van der Waals surface area (Å²) in [6, 6.07) is 8.91. The maximum atomic E-state index is 12.8.